The molecule has 1 heterocycles. The molecule has 0 aromatic heterocycles. The normalized spacial score (nSPS) is 22.5. The van der Waals surface area contributed by atoms with Gasteiger partial charge in [0.2, 0.25) is 0 Å². The zero-order valence-corrected chi connectivity index (χ0v) is 10.1. The SMILES string of the molecule is CSCCCNCCC1CCCCO1. The highest BCUT2D eigenvalue weighted by Gasteiger charge is 2.12. The summed E-state index contributed by atoms with van der Waals surface area (Å²) >= 11 is 1.92. The molecule has 14 heavy (non-hydrogen) atoms. The maximum Gasteiger partial charge on any atom is 0.0587 e. The molecule has 0 bridgehead atoms. The summed E-state index contributed by atoms with van der Waals surface area (Å²) in [5.41, 5.74) is 0. The summed E-state index contributed by atoms with van der Waals surface area (Å²) in [5.74, 6) is 1.27. The minimum Gasteiger partial charge on any atom is -0.378 e. The summed E-state index contributed by atoms with van der Waals surface area (Å²) < 4.78 is 5.66. The number of thioether (sulfide) groups is 1. The fourth-order valence-corrected chi connectivity index (χ4v) is 2.20. The first-order valence-electron chi connectivity index (χ1n) is 5.74. The number of hydrogen-bond acceptors (Lipinski definition) is 3. The Bertz CT molecular complexity index is 126. The van der Waals surface area contributed by atoms with E-state index in [4.69, 9.17) is 4.74 Å². The van der Waals surface area contributed by atoms with Crippen molar-refractivity contribution in [2.45, 2.75) is 38.2 Å². The molecule has 1 aliphatic rings. The first-order valence-corrected chi connectivity index (χ1v) is 7.14. The Labute approximate surface area is 92.2 Å². The van der Waals surface area contributed by atoms with Crippen LogP contribution in [0.4, 0.5) is 0 Å². The molecule has 1 atom stereocenters. The van der Waals surface area contributed by atoms with Gasteiger partial charge >= 0.3 is 0 Å². The molecule has 1 unspecified atom stereocenters. The number of hydrogen-bond donors (Lipinski definition) is 1. The van der Waals surface area contributed by atoms with Crippen molar-refractivity contribution in [2.24, 2.45) is 0 Å². The van der Waals surface area contributed by atoms with Crippen LogP contribution < -0.4 is 5.32 Å². The first kappa shape index (κ1) is 12.3. The van der Waals surface area contributed by atoms with Crippen molar-refractivity contribution in [3.05, 3.63) is 0 Å². The second kappa shape index (κ2) is 8.57. The van der Waals surface area contributed by atoms with Crippen molar-refractivity contribution in [1.29, 1.82) is 0 Å². The lowest BCUT2D eigenvalue weighted by atomic mass is 10.1. The Morgan fingerprint density at radius 2 is 2.29 bits per heavy atom. The second-order valence-electron chi connectivity index (χ2n) is 3.87. The number of rotatable bonds is 7. The molecule has 3 heteroatoms. The summed E-state index contributed by atoms with van der Waals surface area (Å²) in [6.07, 6.45) is 9.07. The van der Waals surface area contributed by atoms with Crippen molar-refractivity contribution in [3.8, 4) is 0 Å². The van der Waals surface area contributed by atoms with E-state index < -0.39 is 0 Å². The molecule has 0 amide bonds. The van der Waals surface area contributed by atoms with E-state index in [-0.39, 0.29) is 0 Å². The van der Waals surface area contributed by atoms with Crippen LogP contribution in [0, 0.1) is 0 Å². The smallest absolute Gasteiger partial charge is 0.0587 e. The fraction of sp³-hybridized carbons (Fsp3) is 1.00. The van der Waals surface area contributed by atoms with Crippen LogP contribution >= 0.6 is 11.8 Å². The molecule has 0 saturated carbocycles. The van der Waals surface area contributed by atoms with Gasteiger partial charge in [0, 0.05) is 6.61 Å². The lowest BCUT2D eigenvalue weighted by molar-refractivity contribution is 0.0116. The Hall–Kier alpha value is 0.270. The summed E-state index contributed by atoms with van der Waals surface area (Å²) in [5, 5.41) is 3.47. The van der Waals surface area contributed by atoms with E-state index in [0.29, 0.717) is 6.10 Å². The number of nitrogens with one attached hydrogen (secondary N) is 1. The predicted octanol–water partition coefficient (Wildman–Crippen LogP) is 2.29. The van der Waals surface area contributed by atoms with Gasteiger partial charge in [-0.25, -0.2) is 0 Å². The monoisotopic (exact) mass is 217 g/mol. The molecule has 0 aromatic carbocycles. The summed E-state index contributed by atoms with van der Waals surface area (Å²) in [6.45, 7) is 3.27. The average Bonchev–Trinajstić information content (AvgIpc) is 2.25. The van der Waals surface area contributed by atoms with E-state index >= 15 is 0 Å². The van der Waals surface area contributed by atoms with Crippen molar-refractivity contribution in [1.82, 2.24) is 5.32 Å². The highest BCUT2D eigenvalue weighted by atomic mass is 32.2. The van der Waals surface area contributed by atoms with E-state index in [9.17, 15) is 0 Å². The van der Waals surface area contributed by atoms with Gasteiger partial charge in [0.05, 0.1) is 6.10 Å². The van der Waals surface area contributed by atoms with Gasteiger partial charge in [-0.2, -0.15) is 11.8 Å². The van der Waals surface area contributed by atoms with Gasteiger partial charge in [0.15, 0.2) is 0 Å². The topological polar surface area (TPSA) is 21.3 Å². The van der Waals surface area contributed by atoms with Crippen LogP contribution in [0.1, 0.15) is 32.1 Å². The van der Waals surface area contributed by atoms with Gasteiger partial charge in [-0.3, -0.25) is 0 Å². The maximum atomic E-state index is 5.66. The molecular formula is C11H23NOS. The quantitative estimate of drug-likeness (QED) is 0.661. The van der Waals surface area contributed by atoms with Gasteiger partial charge in [0.25, 0.3) is 0 Å². The molecule has 1 fully saturated rings. The molecule has 1 N–H and O–H groups in total. The van der Waals surface area contributed by atoms with Crippen LogP contribution in [-0.2, 0) is 4.74 Å². The molecule has 1 saturated heterocycles. The molecular weight excluding hydrogens is 194 g/mol. The van der Waals surface area contributed by atoms with Gasteiger partial charge in [-0.05, 0) is 57.2 Å². The van der Waals surface area contributed by atoms with Crippen LogP contribution in [0.25, 0.3) is 0 Å². The first-order chi connectivity index (χ1) is 6.93. The van der Waals surface area contributed by atoms with E-state index in [1.54, 1.807) is 0 Å². The Kier molecular flexibility index (Phi) is 7.55. The van der Waals surface area contributed by atoms with Crippen LogP contribution in [0.3, 0.4) is 0 Å². The minimum absolute atomic E-state index is 0.539. The summed E-state index contributed by atoms with van der Waals surface area (Å²) in [4.78, 5) is 0. The molecule has 0 aliphatic carbocycles. The molecule has 0 aromatic rings. The van der Waals surface area contributed by atoms with Crippen molar-refractivity contribution in [3.63, 3.8) is 0 Å². The molecule has 1 rings (SSSR count). The van der Waals surface area contributed by atoms with Crippen LogP contribution in [0.2, 0.25) is 0 Å². The number of ether oxygens (including phenoxy) is 1. The molecule has 0 spiro atoms. The fourth-order valence-electron chi connectivity index (χ4n) is 1.76. The standard InChI is InChI=1S/C11H23NOS/c1-14-10-4-7-12-8-6-11-5-2-3-9-13-11/h11-12H,2-10H2,1H3. The zero-order valence-electron chi connectivity index (χ0n) is 9.26. The Morgan fingerprint density at radius 1 is 1.36 bits per heavy atom. The third-order valence-corrected chi connectivity index (χ3v) is 3.32. The average molecular weight is 217 g/mol. The molecule has 1 aliphatic heterocycles. The highest BCUT2D eigenvalue weighted by molar-refractivity contribution is 7.98. The van der Waals surface area contributed by atoms with Crippen LogP contribution in [-0.4, -0.2) is 37.8 Å². The van der Waals surface area contributed by atoms with E-state index in [1.165, 1.54) is 37.9 Å². The summed E-state index contributed by atoms with van der Waals surface area (Å²) in [7, 11) is 0. The molecule has 2 nitrogen and oxygen atoms in total. The van der Waals surface area contributed by atoms with Gasteiger partial charge in [-0.1, -0.05) is 0 Å². The molecule has 84 valence electrons. The lowest BCUT2D eigenvalue weighted by Crippen LogP contribution is -2.26. The molecule has 0 radical (unpaired) electrons. The largest absolute Gasteiger partial charge is 0.378 e. The van der Waals surface area contributed by atoms with Crippen molar-refractivity contribution in [2.75, 3.05) is 31.7 Å². The summed E-state index contributed by atoms with van der Waals surface area (Å²) in [6, 6.07) is 0. The minimum atomic E-state index is 0.539. The third kappa shape index (κ3) is 5.89. The second-order valence-corrected chi connectivity index (χ2v) is 4.86. The van der Waals surface area contributed by atoms with E-state index in [2.05, 4.69) is 11.6 Å². The maximum absolute atomic E-state index is 5.66. The predicted molar refractivity (Wildman–Crippen MR) is 64.1 cm³/mol. The Balaban J connectivity index is 1.82. The van der Waals surface area contributed by atoms with Crippen LogP contribution in [0.15, 0.2) is 0 Å². The van der Waals surface area contributed by atoms with E-state index in [0.717, 1.165) is 19.7 Å². The zero-order chi connectivity index (χ0) is 10.1. The van der Waals surface area contributed by atoms with Gasteiger partial charge in [-0.15, -0.1) is 0 Å². The third-order valence-electron chi connectivity index (χ3n) is 2.62. The lowest BCUT2D eigenvalue weighted by Gasteiger charge is -2.22. The Morgan fingerprint density at radius 3 is 3.00 bits per heavy atom. The van der Waals surface area contributed by atoms with Crippen LogP contribution in [0.5, 0.6) is 0 Å². The highest BCUT2D eigenvalue weighted by Crippen LogP contribution is 2.14. The van der Waals surface area contributed by atoms with Gasteiger partial charge in [0.1, 0.15) is 0 Å². The van der Waals surface area contributed by atoms with Crippen molar-refractivity contribution >= 4 is 11.8 Å². The van der Waals surface area contributed by atoms with Crippen molar-refractivity contribution < 1.29 is 4.74 Å². The van der Waals surface area contributed by atoms with Gasteiger partial charge < -0.3 is 10.1 Å². The van der Waals surface area contributed by atoms with E-state index in [1.807, 2.05) is 11.8 Å².